The number of amides is 1. The fourth-order valence-corrected chi connectivity index (χ4v) is 2.54. The minimum Gasteiger partial charge on any atom is -0.494 e. The summed E-state index contributed by atoms with van der Waals surface area (Å²) in [4.78, 5) is 14.1. The molecule has 0 aliphatic carbocycles. The lowest BCUT2D eigenvalue weighted by molar-refractivity contribution is -0.133. The number of benzene rings is 1. The van der Waals surface area contributed by atoms with Crippen LogP contribution in [-0.2, 0) is 11.3 Å². The third kappa shape index (κ3) is 3.97. The van der Waals surface area contributed by atoms with Gasteiger partial charge >= 0.3 is 0 Å². The van der Waals surface area contributed by atoms with Crippen LogP contribution in [0.3, 0.4) is 0 Å². The molecule has 1 fully saturated rings. The highest BCUT2D eigenvalue weighted by atomic mass is 16.5. The van der Waals surface area contributed by atoms with E-state index in [9.17, 15) is 4.79 Å². The van der Waals surface area contributed by atoms with Crippen LogP contribution in [0.15, 0.2) is 24.3 Å². The topological polar surface area (TPSA) is 41.6 Å². The number of piperidine rings is 1. The molecule has 0 radical (unpaired) electrons. The Labute approximate surface area is 121 Å². The fourth-order valence-electron chi connectivity index (χ4n) is 2.54. The van der Waals surface area contributed by atoms with Crippen LogP contribution in [0.25, 0.3) is 0 Å². The molecule has 1 aliphatic rings. The van der Waals surface area contributed by atoms with E-state index in [1.165, 1.54) is 6.42 Å². The van der Waals surface area contributed by atoms with Crippen LogP contribution >= 0.6 is 0 Å². The van der Waals surface area contributed by atoms with E-state index in [1.807, 2.05) is 38.2 Å². The van der Waals surface area contributed by atoms with Crippen molar-refractivity contribution in [1.82, 2.24) is 10.2 Å². The Kier molecular flexibility index (Phi) is 5.41. The molecule has 1 heterocycles. The Morgan fingerprint density at radius 1 is 1.35 bits per heavy atom. The average Bonchev–Trinajstić information content (AvgIpc) is 2.49. The minimum atomic E-state index is -0.00329. The summed E-state index contributed by atoms with van der Waals surface area (Å²) in [5.41, 5.74) is 1.13. The Hall–Kier alpha value is -1.55. The molecule has 0 spiro atoms. The largest absolute Gasteiger partial charge is 0.494 e. The number of hydrogen-bond donors (Lipinski definition) is 1. The molecular weight excluding hydrogens is 252 g/mol. The Bertz CT molecular complexity index is 425. The summed E-state index contributed by atoms with van der Waals surface area (Å²) in [6.45, 7) is 4.24. The van der Waals surface area contributed by atoms with Crippen LogP contribution < -0.4 is 10.1 Å². The molecule has 2 rings (SSSR count). The maximum atomic E-state index is 12.3. The van der Waals surface area contributed by atoms with E-state index in [4.69, 9.17) is 4.74 Å². The summed E-state index contributed by atoms with van der Waals surface area (Å²) in [5, 5.41) is 3.30. The lowest BCUT2D eigenvalue weighted by Gasteiger charge is -2.27. The zero-order valence-electron chi connectivity index (χ0n) is 12.4. The molecule has 1 N–H and O–H groups in total. The van der Waals surface area contributed by atoms with Gasteiger partial charge in [0.25, 0.3) is 0 Å². The Balaban J connectivity index is 1.89. The first-order chi connectivity index (χ1) is 9.70. The summed E-state index contributed by atoms with van der Waals surface area (Å²) < 4.78 is 5.42. The first-order valence-corrected chi connectivity index (χ1v) is 7.41. The third-order valence-corrected chi connectivity index (χ3v) is 3.64. The summed E-state index contributed by atoms with van der Waals surface area (Å²) in [6.07, 6.45) is 3.26. The molecule has 0 bridgehead atoms. The van der Waals surface area contributed by atoms with Gasteiger partial charge in [-0.2, -0.15) is 0 Å². The SMILES string of the molecule is CCOc1ccc(CN(C)C(=O)[C@H]2CCCCN2)cc1. The standard InChI is InChI=1S/C16H24N2O2/c1-3-20-14-9-7-13(8-10-14)12-18(2)16(19)15-6-4-5-11-17-15/h7-10,15,17H,3-6,11-12H2,1-2H3/t15-/m1/s1. The van der Waals surface area contributed by atoms with Gasteiger partial charge in [-0.3, -0.25) is 4.79 Å². The molecule has 4 heteroatoms. The first kappa shape index (κ1) is 14.9. The molecule has 1 aromatic carbocycles. The van der Waals surface area contributed by atoms with Crippen molar-refractivity contribution in [2.24, 2.45) is 0 Å². The number of ether oxygens (including phenoxy) is 1. The van der Waals surface area contributed by atoms with Gasteiger partial charge in [0.2, 0.25) is 5.91 Å². The summed E-state index contributed by atoms with van der Waals surface area (Å²) in [7, 11) is 1.87. The number of carbonyl (C=O) groups excluding carboxylic acids is 1. The quantitative estimate of drug-likeness (QED) is 0.896. The van der Waals surface area contributed by atoms with E-state index in [1.54, 1.807) is 4.90 Å². The smallest absolute Gasteiger partial charge is 0.239 e. The molecule has 0 saturated carbocycles. The molecule has 4 nitrogen and oxygen atoms in total. The van der Waals surface area contributed by atoms with Gasteiger partial charge in [-0.25, -0.2) is 0 Å². The van der Waals surface area contributed by atoms with E-state index in [2.05, 4.69) is 5.32 Å². The van der Waals surface area contributed by atoms with E-state index in [0.29, 0.717) is 13.2 Å². The molecular formula is C16H24N2O2. The van der Waals surface area contributed by atoms with Crippen molar-refractivity contribution in [1.29, 1.82) is 0 Å². The van der Waals surface area contributed by atoms with Crippen LogP contribution in [0.2, 0.25) is 0 Å². The summed E-state index contributed by atoms with van der Waals surface area (Å²) >= 11 is 0. The highest BCUT2D eigenvalue weighted by molar-refractivity contribution is 5.81. The zero-order valence-corrected chi connectivity index (χ0v) is 12.4. The van der Waals surface area contributed by atoms with Gasteiger partial charge in [-0.1, -0.05) is 18.6 Å². The number of hydrogen-bond acceptors (Lipinski definition) is 3. The van der Waals surface area contributed by atoms with Crippen LogP contribution in [0.5, 0.6) is 5.75 Å². The van der Waals surface area contributed by atoms with Crippen LogP contribution in [0, 0.1) is 0 Å². The van der Waals surface area contributed by atoms with E-state index < -0.39 is 0 Å². The molecule has 0 aromatic heterocycles. The molecule has 110 valence electrons. The van der Waals surface area contributed by atoms with Gasteiger partial charge in [-0.05, 0) is 44.0 Å². The summed E-state index contributed by atoms with van der Waals surface area (Å²) in [6, 6.07) is 7.94. The lowest BCUT2D eigenvalue weighted by Crippen LogP contribution is -2.46. The zero-order chi connectivity index (χ0) is 14.4. The van der Waals surface area contributed by atoms with E-state index in [-0.39, 0.29) is 11.9 Å². The molecule has 1 atom stereocenters. The van der Waals surface area contributed by atoms with Gasteiger partial charge in [-0.15, -0.1) is 0 Å². The van der Waals surface area contributed by atoms with Gasteiger partial charge in [0.05, 0.1) is 12.6 Å². The molecule has 0 unspecified atom stereocenters. The second-order valence-electron chi connectivity index (χ2n) is 5.27. The van der Waals surface area contributed by atoms with Crippen LogP contribution in [-0.4, -0.2) is 37.0 Å². The van der Waals surface area contributed by atoms with Crippen molar-refractivity contribution in [2.45, 2.75) is 38.8 Å². The second kappa shape index (κ2) is 7.29. The number of rotatable bonds is 5. The molecule has 1 amide bonds. The predicted octanol–water partition coefficient (Wildman–Crippen LogP) is 2.19. The molecule has 1 aromatic rings. The van der Waals surface area contributed by atoms with Gasteiger partial charge < -0.3 is 15.0 Å². The van der Waals surface area contributed by atoms with Crippen LogP contribution in [0.4, 0.5) is 0 Å². The number of nitrogens with one attached hydrogen (secondary N) is 1. The number of likely N-dealkylation sites (N-methyl/N-ethyl adjacent to an activating group) is 1. The van der Waals surface area contributed by atoms with E-state index in [0.717, 1.165) is 30.7 Å². The maximum Gasteiger partial charge on any atom is 0.239 e. The summed E-state index contributed by atoms with van der Waals surface area (Å²) in [5.74, 6) is 1.07. The highest BCUT2D eigenvalue weighted by Crippen LogP contribution is 2.15. The number of carbonyl (C=O) groups is 1. The van der Waals surface area contributed by atoms with Crippen molar-refractivity contribution >= 4 is 5.91 Å². The van der Waals surface area contributed by atoms with Crippen molar-refractivity contribution in [3.8, 4) is 5.75 Å². The lowest BCUT2D eigenvalue weighted by atomic mass is 10.0. The van der Waals surface area contributed by atoms with Gasteiger partial charge in [0.1, 0.15) is 5.75 Å². The van der Waals surface area contributed by atoms with Gasteiger partial charge in [0, 0.05) is 13.6 Å². The second-order valence-corrected chi connectivity index (χ2v) is 5.27. The van der Waals surface area contributed by atoms with E-state index >= 15 is 0 Å². The van der Waals surface area contributed by atoms with Crippen molar-refractivity contribution in [2.75, 3.05) is 20.2 Å². The first-order valence-electron chi connectivity index (χ1n) is 7.41. The monoisotopic (exact) mass is 276 g/mol. The molecule has 20 heavy (non-hydrogen) atoms. The predicted molar refractivity (Wildman–Crippen MR) is 79.7 cm³/mol. The van der Waals surface area contributed by atoms with Crippen LogP contribution in [0.1, 0.15) is 31.7 Å². The molecule has 1 aliphatic heterocycles. The highest BCUT2D eigenvalue weighted by Gasteiger charge is 2.23. The van der Waals surface area contributed by atoms with Crippen molar-refractivity contribution < 1.29 is 9.53 Å². The number of nitrogens with zero attached hydrogens (tertiary/aromatic N) is 1. The van der Waals surface area contributed by atoms with Crippen molar-refractivity contribution in [3.05, 3.63) is 29.8 Å². The Morgan fingerprint density at radius 3 is 2.70 bits per heavy atom. The van der Waals surface area contributed by atoms with Gasteiger partial charge in [0.15, 0.2) is 0 Å². The maximum absolute atomic E-state index is 12.3. The van der Waals surface area contributed by atoms with Crippen molar-refractivity contribution in [3.63, 3.8) is 0 Å². The fraction of sp³-hybridized carbons (Fsp3) is 0.562. The molecule has 1 saturated heterocycles. The minimum absolute atomic E-state index is 0.00329. The third-order valence-electron chi connectivity index (χ3n) is 3.64. The Morgan fingerprint density at radius 2 is 2.10 bits per heavy atom. The normalized spacial score (nSPS) is 18.6. The average molecular weight is 276 g/mol.